The van der Waals surface area contributed by atoms with Crippen molar-refractivity contribution in [1.29, 1.82) is 0 Å². The van der Waals surface area contributed by atoms with Gasteiger partial charge in [0.1, 0.15) is 0 Å². The lowest BCUT2D eigenvalue weighted by molar-refractivity contribution is 0.371. The summed E-state index contributed by atoms with van der Waals surface area (Å²) in [5.74, 6) is 1.50. The van der Waals surface area contributed by atoms with E-state index < -0.39 is 0 Å². The van der Waals surface area contributed by atoms with E-state index in [-0.39, 0.29) is 23.3 Å². The van der Waals surface area contributed by atoms with E-state index in [0.717, 1.165) is 16.7 Å². The van der Waals surface area contributed by atoms with E-state index >= 15 is 0 Å². The molecule has 1 aliphatic rings. The first-order valence-electron chi connectivity index (χ1n) is 7.92. The number of rotatable bonds is 3. The van der Waals surface area contributed by atoms with Gasteiger partial charge in [-0.1, -0.05) is 24.6 Å². The zero-order valence-electron chi connectivity index (χ0n) is 14.3. The van der Waals surface area contributed by atoms with Crippen molar-refractivity contribution in [3.8, 4) is 23.0 Å². The number of methoxy groups -OCH3 is 2. The van der Waals surface area contributed by atoms with Gasteiger partial charge in [0.25, 0.3) is 0 Å². The van der Waals surface area contributed by atoms with E-state index in [1.54, 1.807) is 26.4 Å². The Bertz CT molecular complexity index is 808. The van der Waals surface area contributed by atoms with Crippen molar-refractivity contribution in [2.75, 3.05) is 14.2 Å². The molecule has 0 spiro atoms. The predicted molar refractivity (Wildman–Crippen MR) is 94.0 cm³/mol. The number of phenolic OH excluding ortho intramolecular Hbond substituents is 2. The summed E-state index contributed by atoms with van der Waals surface area (Å²) in [6.07, 6.45) is 2.14. The van der Waals surface area contributed by atoms with Crippen LogP contribution in [0.15, 0.2) is 35.9 Å². The lowest BCUT2D eigenvalue weighted by atomic mass is 9.72. The van der Waals surface area contributed by atoms with Gasteiger partial charge in [0.2, 0.25) is 0 Å². The quantitative estimate of drug-likeness (QED) is 0.883. The summed E-state index contributed by atoms with van der Waals surface area (Å²) in [5, 5.41) is 20.1. The first-order valence-corrected chi connectivity index (χ1v) is 7.92. The lowest BCUT2D eigenvalue weighted by Crippen LogP contribution is -2.17. The normalized spacial score (nSPS) is 19.4. The van der Waals surface area contributed by atoms with Crippen molar-refractivity contribution in [2.45, 2.75) is 19.8 Å². The Morgan fingerprint density at radius 1 is 0.917 bits per heavy atom. The van der Waals surface area contributed by atoms with Gasteiger partial charge in [-0.2, -0.15) is 0 Å². The van der Waals surface area contributed by atoms with Crippen molar-refractivity contribution in [2.24, 2.45) is 5.92 Å². The number of allylic oxidation sites excluding steroid dienone is 1. The maximum absolute atomic E-state index is 10.2. The largest absolute Gasteiger partial charge is 0.504 e. The average molecular weight is 326 g/mol. The summed E-state index contributed by atoms with van der Waals surface area (Å²) < 4.78 is 10.5. The van der Waals surface area contributed by atoms with Crippen molar-refractivity contribution in [3.63, 3.8) is 0 Å². The molecule has 24 heavy (non-hydrogen) atoms. The molecule has 0 saturated carbocycles. The molecular formula is C20H22O4. The Balaban J connectivity index is 2.19. The number of hydrogen-bond donors (Lipinski definition) is 2. The van der Waals surface area contributed by atoms with E-state index in [1.165, 1.54) is 5.57 Å². The van der Waals surface area contributed by atoms with Gasteiger partial charge in [0, 0.05) is 5.92 Å². The molecule has 0 saturated heterocycles. The fourth-order valence-corrected chi connectivity index (χ4v) is 3.42. The Kier molecular flexibility index (Phi) is 4.14. The van der Waals surface area contributed by atoms with Gasteiger partial charge < -0.3 is 19.7 Å². The summed E-state index contributed by atoms with van der Waals surface area (Å²) in [6.45, 7) is 4.28. The fourth-order valence-electron chi connectivity index (χ4n) is 3.42. The van der Waals surface area contributed by atoms with Gasteiger partial charge in [0.15, 0.2) is 23.0 Å². The number of aromatic hydroxyl groups is 2. The molecule has 0 bridgehead atoms. The maximum Gasteiger partial charge on any atom is 0.161 e. The van der Waals surface area contributed by atoms with Crippen LogP contribution in [0.1, 0.15) is 36.5 Å². The third-order valence-electron chi connectivity index (χ3n) is 4.88. The van der Waals surface area contributed by atoms with Crippen LogP contribution in [0.3, 0.4) is 0 Å². The molecule has 4 heteroatoms. The van der Waals surface area contributed by atoms with Crippen LogP contribution in [-0.4, -0.2) is 24.4 Å². The zero-order chi connectivity index (χ0) is 17.4. The van der Waals surface area contributed by atoms with Crippen LogP contribution in [0.25, 0.3) is 6.08 Å². The first-order chi connectivity index (χ1) is 11.5. The predicted octanol–water partition coefficient (Wildman–Crippen LogP) is 4.30. The summed E-state index contributed by atoms with van der Waals surface area (Å²) in [4.78, 5) is 0. The first kappa shape index (κ1) is 16.2. The molecule has 2 N–H and O–H groups in total. The molecule has 2 atom stereocenters. The minimum atomic E-state index is 0.0660. The fraction of sp³-hybridized carbons (Fsp3) is 0.300. The van der Waals surface area contributed by atoms with Crippen LogP contribution in [0.2, 0.25) is 0 Å². The average Bonchev–Trinajstić information content (AvgIpc) is 2.57. The van der Waals surface area contributed by atoms with Gasteiger partial charge in [-0.3, -0.25) is 0 Å². The number of phenols is 2. The molecule has 3 rings (SSSR count). The topological polar surface area (TPSA) is 58.9 Å². The molecule has 0 amide bonds. The van der Waals surface area contributed by atoms with E-state index in [2.05, 4.69) is 19.9 Å². The summed E-state index contributed by atoms with van der Waals surface area (Å²) in [6, 6.07) is 9.06. The number of fused-ring (bicyclic) bond motifs is 1. The maximum atomic E-state index is 10.2. The van der Waals surface area contributed by atoms with Crippen molar-refractivity contribution in [3.05, 3.63) is 52.6 Å². The Morgan fingerprint density at radius 2 is 1.58 bits per heavy atom. The van der Waals surface area contributed by atoms with E-state index in [1.807, 2.05) is 18.2 Å². The minimum absolute atomic E-state index is 0.0660. The number of ether oxygens (including phenoxy) is 2. The monoisotopic (exact) mass is 326 g/mol. The second kappa shape index (κ2) is 6.11. The van der Waals surface area contributed by atoms with Crippen LogP contribution in [-0.2, 0) is 0 Å². The van der Waals surface area contributed by atoms with Gasteiger partial charge >= 0.3 is 0 Å². The third-order valence-corrected chi connectivity index (χ3v) is 4.88. The van der Waals surface area contributed by atoms with E-state index in [0.29, 0.717) is 11.5 Å². The summed E-state index contributed by atoms with van der Waals surface area (Å²) >= 11 is 0. The molecule has 0 aromatic heterocycles. The molecule has 4 nitrogen and oxygen atoms in total. The molecule has 0 unspecified atom stereocenters. The van der Waals surface area contributed by atoms with Crippen molar-refractivity contribution < 1.29 is 19.7 Å². The Morgan fingerprint density at radius 3 is 2.25 bits per heavy atom. The molecule has 126 valence electrons. The minimum Gasteiger partial charge on any atom is -0.504 e. The molecular weight excluding hydrogens is 304 g/mol. The molecule has 0 aliphatic heterocycles. The van der Waals surface area contributed by atoms with Crippen LogP contribution in [0.4, 0.5) is 0 Å². The Labute approximate surface area is 142 Å². The van der Waals surface area contributed by atoms with Crippen LogP contribution in [0.5, 0.6) is 23.0 Å². The van der Waals surface area contributed by atoms with E-state index in [4.69, 9.17) is 9.47 Å². The SMILES string of the molecule is COc1cc([C@@H]2c3cc(O)c(OC)cc3C=C(C)[C@H]2C)ccc1O. The highest BCUT2D eigenvalue weighted by Crippen LogP contribution is 2.46. The highest BCUT2D eigenvalue weighted by molar-refractivity contribution is 5.67. The van der Waals surface area contributed by atoms with Crippen molar-refractivity contribution in [1.82, 2.24) is 0 Å². The van der Waals surface area contributed by atoms with Crippen LogP contribution < -0.4 is 9.47 Å². The molecule has 0 radical (unpaired) electrons. The third kappa shape index (κ3) is 2.58. The van der Waals surface area contributed by atoms with Gasteiger partial charge in [-0.05, 0) is 53.8 Å². The van der Waals surface area contributed by atoms with Crippen molar-refractivity contribution >= 4 is 6.08 Å². The van der Waals surface area contributed by atoms with Crippen LogP contribution >= 0.6 is 0 Å². The molecule has 2 aromatic carbocycles. The van der Waals surface area contributed by atoms with Gasteiger partial charge in [-0.25, -0.2) is 0 Å². The van der Waals surface area contributed by atoms with Gasteiger partial charge in [0.05, 0.1) is 14.2 Å². The highest BCUT2D eigenvalue weighted by Gasteiger charge is 2.30. The summed E-state index contributed by atoms with van der Waals surface area (Å²) in [5.41, 5.74) is 4.37. The summed E-state index contributed by atoms with van der Waals surface area (Å²) in [7, 11) is 3.09. The highest BCUT2D eigenvalue weighted by atomic mass is 16.5. The zero-order valence-corrected chi connectivity index (χ0v) is 14.3. The smallest absolute Gasteiger partial charge is 0.161 e. The number of hydrogen-bond acceptors (Lipinski definition) is 4. The second-order valence-electron chi connectivity index (χ2n) is 6.24. The lowest BCUT2D eigenvalue weighted by Gasteiger charge is -2.32. The number of benzene rings is 2. The van der Waals surface area contributed by atoms with E-state index in [9.17, 15) is 10.2 Å². The second-order valence-corrected chi connectivity index (χ2v) is 6.24. The molecule has 0 fully saturated rings. The Hall–Kier alpha value is -2.62. The standard InChI is InChI=1S/C20H22O4/c1-11-7-14-9-19(24-4)17(22)10-15(14)20(12(11)2)13-5-6-16(21)18(8-13)23-3/h5-10,12,20-22H,1-4H3/t12-,20-/m1/s1. The van der Waals surface area contributed by atoms with Crippen LogP contribution in [0, 0.1) is 5.92 Å². The van der Waals surface area contributed by atoms with Gasteiger partial charge in [-0.15, -0.1) is 0 Å². The molecule has 2 aromatic rings. The molecule has 0 heterocycles. The molecule has 1 aliphatic carbocycles.